The van der Waals surface area contributed by atoms with Gasteiger partial charge in [0, 0.05) is 6.92 Å². The van der Waals surface area contributed by atoms with E-state index in [2.05, 4.69) is 4.99 Å². The molecule has 0 bridgehead atoms. The van der Waals surface area contributed by atoms with E-state index in [1.165, 1.54) is 25.4 Å². The molecule has 1 aromatic heterocycles. The van der Waals surface area contributed by atoms with Gasteiger partial charge in [0.05, 0.1) is 12.0 Å². The van der Waals surface area contributed by atoms with Crippen LogP contribution in [-0.2, 0) is 14.3 Å². The number of ether oxygens (including phenoxy) is 3. The van der Waals surface area contributed by atoms with Crippen LogP contribution >= 0.6 is 11.3 Å². The van der Waals surface area contributed by atoms with Crippen molar-refractivity contribution in [3.05, 3.63) is 51.8 Å². The number of aliphatic imine (C=N–C) groups is 1. The van der Waals surface area contributed by atoms with Crippen molar-refractivity contribution in [2.75, 3.05) is 7.11 Å². The van der Waals surface area contributed by atoms with Gasteiger partial charge in [0.25, 0.3) is 0 Å². The van der Waals surface area contributed by atoms with Crippen LogP contribution in [0.2, 0.25) is 0 Å². The minimum absolute atomic E-state index is 0.195. The number of hydrogen-bond acceptors (Lipinski definition) is 7. The molecular formula is C17H13NO5S. The topological polar surface area (TPSA) is 74.2 Å². The molecule has 0 spiro atoms. The van der Waals surface area contributed by atoms with Crippen LogP contribution in [0.4, 0.5) is 0 Å². The summed E-state index contributed by atoms with van der Waals surface area (Å²) in [6, 6.07) is 8.63. The third-order valence-corrected chi connectivity index (χ3v) is 3.96. The fourth-order valence-electron chi connectivity index (χ4n) is 2.09. The Kier molecular flexibility index (Phi) is 4.43. The summed E-state index contributed by atoms with van der Waals surface area (Å²) in [5, 5.41) is 1.88. The zero-order valence-electron chi connectivity index (χ0n) is 12.9. The van der Waals surface area contributed by atoms with Gasteiger partial charge in [-0.25, -0.2) is 9.79 Å². The zero-order chi connectivity index (χ0) is 17.1. The molecule has 122 valence electrons. The second-order valence-corrected chi connectivity index (χ2v) is 5.76. The number of hydrogen-bond donors (Lipinski definition) is 0. The molecule has 0 saturated heterocycles. The van der Waals surface area contributed by atoms with E-state index >= 15 is 0 Å². The Bertz CT molecular complexity index is 852. The van der Waals surface area contributed by atoms with Crippen LogP contribution in [-0.4, -0.2) is 24.9 Å². The lowest BCUT2D eigenvalue weighted by Gasteiger charge is -2.08. The van der Waals surface area contributed by atoms with Crippen molar-refractivity contribution in [3.63, 3.8) is 0 Å². The number of cyclic esters (lactones) is 1. The lowest BCUT2D eigenvalue weighted by molar-refractivity contribution is -0.132. The molecule has 1 aliphatic heterocycles. The van der Waals surface area contributed by atoms with E-state index in [0.717, 1.165) is 4.88 Å². The highest BCUT2D eigenvalue weighted by Crippen LogP contribution is 2.30. The Hall–Kier alpha value is -2.93. The SMILES string of the molecule is COc1cc(/C=C2/N=C(c3cccs3)OC2=O)ccc1OC(C)=O. The summed E-state index contributed by atoms with van der Waals surface area (Å²) in [5.41, 5.74) is 0.867. The first-order valence-electron chi connectivity index (χ1n) is 6.99. The average Bonchev–Trinajstić information content (AvgIpc) is 3.19. The maximum Gasteiger partial charge on any atom is 0.363 e. The largest absolute Gasteiger partial charge is 0.493 e. The van der Waals surface area contributed by atoms with Crippen molar-refractivity contribution < 1.29 is 23.8 Å². The van der Waals surface area contributed by atoms with E-state index in [4.69, 9.17) is 14.2 Å². The van der Waals surface area contributed by atoms with Crippen molar-refractivity contribution in [1.82, 2.24) is 0 Å². The predicted octanol–water partition coefficient (Wildman–Crippen LogP) is 3.03. The average molecular weight is 343 g/mol. The highest BCUT2D eigenvalue weighted by atomic mass is 32.1. The number of carbonyl (C=O) groups is 2. The Morgan fingerprint density at radius 3 is 2.79 bits per heavy atom. The van der Waals surface area contributed by atoms with Crippen LogP contribution in [0, 0.1) is 0 Å². The molecule has 0 fully saturated rings. The van der Waals surface area contributed by atoms with Crippen LogP contribution in [0.3, 0.4) is 0 Å². The monoisotopic (exact) mass is 343 g/mol. The van der Waals surface area contributed by atoms with E-state index in [9.17, 15) is 9.59 Å². The van der Waals surface area contributed by atoms with E-state index in [-0.39, 0.29) is 5.70 Å². The maximum absolute atomic E-state index is 12.0. The second kappa shape index (κ2) is 6.67. The highest BCUT2D eigenvalue weighted by Gasteiger charge is 2.24. The van der Waals surface area contributed by atoms with E-state index in [1.54, 1.807) is 24.3 Å². The van der Waals surface area contributed by atoms with Crippen molar-refractivity contribution >= 4 is 35.2 Å². The van der Waals surface area contributed by atoms with Gasteiger partial charge >= 0.3 is 11.9 Å². The second-order valence-electron chi connectivity index (χ2n) is 4.82. The molecule has 2 heterocycles. The molecule has 0 N–H and O–H groups in total. The third kappa shape index (κ3) is 3.36. The van der Waals surface area contributed by atoms with Gasteiger partial charge in [0.1, 0.15) is 0 Å². The van der Waals surface area contributed by atoms with Crippen molar-refractivity contribution in [2.45, 2.75) is 6.92 Å². The molecule has 0 radical (unpaired) electrons. The molecule has 7 heteroatoms. The zero-order valence-corrected chi connectivity index (χ0v) is 13.8. The first-order chi connectivity index (χ1) is 11.6. The predicted molar refractivity (Wildman–Crippen MR) is 89.2 cm³/mol. The summed E-state index contributed by atoms with van der Waals surface area (Å²) in [6.07, 6.45) is 1.59. The molecule has 0 saturated carbocycles. The first-order valence-corrected chi connectivity index (χ1v) is 7.87. The summed E-state index contributed by atoms with van der Waals surface area (Å²) >= 11 is 1.44. The summed E-state index contributed by atoms with van der Waals surface area (Å²) in [4.78, 5) is 28.0. The molecule has 0 unspecified atom stereocenters. The quantitative estimate of drug-likeness (QED) is 0.485. The molecule has 0 aliphatic carbocycles. The number of nitrogens with zero attached hydrogens (tertiary/aromatic N) is 1. The van der Waals surface area contributed by atoms with Crippen molar-refractivity contribution in [1.29, 1.82) is 0 Å². The Morgan fingerprint density at radius 1 is 1.29 bits per heavy atom. The van der Waals surface area contributed by atoms with Gasteiger partial charge in [0.2, 0.25) is 5.90 Å². The summed E-state index contributed by atoms with van der Waals surface area (Å²) in [6.45, 7) is 1.31. The van der Waals surface area contributed by atoms with Crippen LogP contribution in [0.5, 0.6) is 11.5 Å². The maximum atomic E-state index is 12.0. The number of carbonyl (C=O) groups excluding carboxylic acids is 2. The Labute approximate surface area is 142 Å². The van der Waals surface area contributed by atoms with Gasteiger partial charge in [0.15, 0.2) is 17.2 Å². The fourth-order valence-corrected chi connectivity index (χ4v) is 2.73. The normalized spacial score (nSPS) is 15.2. The highest BCUT2D eigenvalue weighted by molar-refractivity contribution is 7.12. The molecule has 1 aliphatic rings. The van der Waals surface area contributed by atoms with E-state index in [1.807, 2.05) is 17.5 Å². The summed E-state index contributed by atoms with van der Waals surface area (Å²) < 4.78 is 15.4. The minimum Gasteiger partial charge on any atom is -0.493 e. The molecular weight excluding hydrogens is 330 g/mol. The van der Waals surface area contributed by atoms with Crippen LogP contribution in [0.25, 0.3) is 6.08 Å². The van der Waals surface area contributed by atoms with Gasteiger partial charge < -0.3 is 14.2 Å². The number of rotatable bonds is 4. The van der Waals surface area contributed by atoms with Gasteiger partial charge in [-0.3, -0.25) is 4.79 Å². The summed E-state index contributed by atoms with van der Waals surface area (Å²) in [7, 11) is 1.47. The minimum atomic E-state index is -0.513. The number of methoxy groups -OCH3 is 1. The van der Waals surface area contributed by atoms with Crippen LogP contribution in [0.15, 0.2) is 46.4 Å². The molecule has 0 atom stereocenters. The van der Waals surface area contributed by atoms with Crippen LogP contribution < -0.4 is 9.47 Å². The van der Waals surface area contributed by atoms with Crippen molar-refractivity contribution in [3.8, 4) is 11.5 Å². The molecule has 3 rings (SSSR count). The van der Waals surface area contributed by atoms with Gasteiger partial charge in [-0.15, -0.1) is 11.3 Å². The first kappa shape index (κ1) is 15.9. The summed E-state index contributed by atoms with van der Waals surface area (Å²) in [5.74, 6) is 0.0347. The molecule has 1 aromatic carbocycles. The lowest BCUT2D eigenvalue weighted by atomic mass is 10.1. The van der Waals surface area contributed by atoms with E-state index in [0.29, 0.717) is 23.0 Å². The molecule has 2 aromatic rings. The number of esters is 2. The molecule has 24 heavy (non-hydrogen) atoms. The molecule has 0 amide bonds. The molecule has 6 nitrogen and oxygen atoms in total. The standard InChI is InChI=1S/C17H13NO5S/c1-10(19)22-13-6-5-11(9-14(13)21-2)8-12-17(20)23-16(18-12)15-4-3-7-24-15/h3-9H,1-2H3/b12-8+. The smallest absolute Gasteiger partial charge is 0.363 e. The Morgan fingerprint density at radius 2 is 2.12 bits per heavy atom. The number of benzene rings is 1. The van der Waals surface area contributed by atoms with Gasteiger partial charge in [-0.05, 0) is 35.2 Å². The van der Waals surface area contributed by atoms with E-state index < -0.39 is 11.9 Å². The van der Waals surface area contributed by atoms with Crippen LogP contribution in [0.1, 0.15) is 17.4 Å². The Balaban J connectivity index is 1.90. The fraction of sp³-hybridized carbons (Fsp3) is 0.118. The number of thiophene rings is 1. The lowest BCUT2D eigenvalue weighted by Crippen LogP contribution is -2.04. The van der Waals surface area contributed by atoms with Gasteiger partial charge in [-0.1, -0.05) is 12.1 Å². The third-order valence-electron chi connectivity index (χ3n) is 3.10. The van der Waals surface area contributed by atoms with Gasteiger partial charge in [-0.2, -0.15) is 0 Å². The van der Waals surface area contributed by atoms with Crippen molar-refractivity contribution in [2.24, 2.45) is 4.99 Å².